The summed E-state index contributed by atoms with van der Waals surface area (Å²) in [6.45, 7) is 3.09. The van der Waals surface area contributed by atoms with Crippen molar-refractivity contribution in [3.8, 4) is 0 Å². The maximum absolute atomic E-state index is 4.58. The fourth-order valence-electron chi connectivity index (χ4n) is 1.79. The molecular formula is C14H16N2S2. The molecule has 3 rings (SSSR count). The van der Waals surface area contributed by atoms with Crippen molar-refractivity contribution in [3.05, 3.63) is 40.9 Å². The Kier molecular flexibility index (Phi) is 3.68. The second-order valence-corrected chi connectivity index (χ2v) is 6.89. The van der Waals surface area contributed by atoms with E-state index >= 15 is 0 Å². The summed E-state index contributed by atoms with van der Waals surface area (Å²) < 4.78 is 1.30. The minimum absolute atomic E-state index is 0.755. The summed E-state index contributed by atoms with van der Waals surface area (Å²) in [7, 11) is 0. The van der Waals surface area contributed by atoms with Crippen molar-refractivity contribution in [1.29, 1.82) is 0 Å². The van der Waals surface area contributed by atoms with Crippen LogP contribution < -0.4 is 5.32 Å². The number of aryl methyl sites for hydroxylation is 1. The molecule has 1 saturated carbocycles. The highest BCUT2D eigenvalue weighted by Crippen LogP contribution is 2.32. The molecule has 2 nitrogen and oxygen atoms in total. The SMILES string of the molecule is Cc1cc(CNC2CC2)cnc1Sc1cccs1. The maximum atomic E-state index is 4.58. The van der Waals surface area contributed by atoms with Crippen LogP contribution in [-0.4, -0.2) is 11.0 Å². The highest BCUT2D eigenvalue weighted by Gasteiger charge is 2.20. The van der Waals surface area contributed by atoms with Gasteiger partial charge < -0.3 is 5.32 Å². The van der Waals surface area contributed by atoms with E-state index in [0.29, 0.717) is 0 Å². The molecule has 0 amide bonds. The number of hydrogen-bond donors (Lipinski definition) is 1. The summed E-state index contributed by atoms with van der Waals surface area (Å²) >= 11 is 3.52. The zero-order chi connectivity index (χ0) is 12.4. The molecule has 2 heterocycles. The van der Waals surface area contributed by atoms with E-state index < -0.39 is 0 Å². The van der Waals surface area contributed by atoms with Crippen LogP contribution in [0.1, 0.15) is 24.0 Å². The average molecular weight is 276 g/mol. The van der Waals surface area contributed by atoms with Gasteiger partial charge in [-0.15, -0.1) is 11.3 Å². The van der Waals surface area contributed by atoms with E-state index in [1.54, 1.807) is 23.1 Å². The molecule has 0 saturated heterocycles. The van der Waals surface area contributed by atoms with Gasteiger partial charge in [0.25, 0.3) is 0 Å². The number of pyridine rings is 1. The standard InChI is InChI=1S/C14H16N2S2/c1-10-7-11(8-15-12-4-5-12)9-16-14(10)18-13-3-2-6-17-13/h2-3,6-7,9,12,15H,4-5,8H2,1H3. The van der Waals surface area contributed by atoms with Crippen molar-refractivity contribution in [3.63, 3.8) is 0 Å². The Labute approximate surface area is 116 Å². The Balaban J connectivity index is 1.67. The van der Waals surface area contributed by atoms with Gasteiger partial charge >= 0.3 is 0 Å². The van der Waals surface area contributed by atoms with E-state index in [4.69, 9.17) is 0 Å². The minimum atomic E-state index is 0.755. The first-order chi connectivity index (χ1) is 8.81. The molecule has 0 atom stereocenters. The minimum Gasteiger partial charge on any atom is -0.310 e. The van der Waals surface area contributed by atoms with Gasteiger partial charge in [-0.3, -0.25) is 0 Å². The highest BCUT2D eigenvalue weighted by atomic mass is 32.2. The van der Waals surface area contributed by atoms with Crippen LogP contribution in [0.4, 0.5) is 0 Å². The first-order valence-corrected chi connectivity index (χ1v) is 7.91. The molecule has 0 aliphatic heterocycles. The van der Waals surface area contributed by atoms with Crippen LogP contribution in [0.15, 0.2) is 39.0 Å². The topological polar surface area (TPSA) is 24.9 Å². The van der Waals surface area contributed by atoms with E-state index in [2.05, 4.69) is 40.8 Å². The van der Waals surface area contributed by atoms with E-state index in [-0.39, 0.29) is 0 Å². The summed E-state index contributed by atoms with van der Waals surface area (Å²) in [5, 5.41) is 6.74. The normalized spacial score (nSPS) is 14.9. The van der Waals surface area contributed by atoms with Crippen molar-refractivity contribution in [2.24, 2.45) is 0 Å². The zero-order valence-electron chi connectivity index (χ0n) is 10.3. The summed E-state index contributed by atoms with van der Waals surface area (Å²) in [5.74, 6) is 0. The lowest BCUT2D eigenvalue weighted by Crippen LogP contribution is -2.15. The molecule has 1 N–H and O–H groups in total. The van der Waals surface area contributed by atoms with E-state index in [9.17, 15) is 0 Å². The van der Waals surface area contributed by atoms with Crippen LogP contribution in [0.3, 0.4) is 0 Å². The molecule has 2 aromatic rings. The number of rotatable bonds is 5. The van der Waals surface area contributed by atoms with Gasteiger partial charge in [0.05, 0.1) is 4.21 Å². The van der Waals surface area contributed by atoms with Gasteiger partial charge in [0.2, 0.25) is 0 Å². The van der Waals surface area contributed by atoms with Gasteiger partial charge in [0.1, 0.15) is 5.03 Å². The lowest BCUT2D eigenvalue weighted by molar-refractivity contribution is 0.684. The van der Waals surface area contributed by atoms with Gasteiger partial charge in [-0.05, 0) is 42.3 Å². The molecule has 2 aromatic heterocycles. The molecule has 94 valence electrons. The Morgan fingerprint density at radius 1 is 1.50 bits per heavy atom. The predicted molar refractivity (Wildman–Crippen MR) is 77.3 cm³/mol. The molecule has 18 heavy (non-hydrogen) atoms. The van der Waals surface area contributed by atoms with E-state index in [1.165, 1.54) is 28.2 Å². The van der Waals surface area contributed by atoms with E-state index in [0.717, 1.165) is 17.6 Å². The monoisotopic (exact) mass is 276 g/mol. The fourth-order valence-corrected chi connectivity index (χ4v) is 3.50. The number of nitrogens with zero attached hydrogens (tertiary/aromatic N) is 1. The lowest BCUT2D eigenvalue weighted by Gasteiger charge is -2.07. The van der Waals surface area contributed by atoms with Gasteiger partial charge in [-0.1, -0.05) is 23.9 Å². The van der Waals surface area contributed by atoms with Gasteiger partial charge in [-0.2, -0.15) is 0 Å². The Morgan fingerprint density at radius 2 is 2.39 bits per heavy atom. The Bertz CT molecular complexity index is 519. The third kappa shape index (κ3) is 3.13. The number of aromatic nitrogens is 1. The third-order valence-electron chi connectivity index (χ3n) is 2.95. The van der Waals surface area contributed by atoms with Crippen LogP contribution in [0.25, 0.3) is 0 Å². The molecular weight excluding hydrogens is 260 g/mol. The van der Waals surface area contributed by atoms with Crippen LogP contribution >= 0.6 is 23.1 Å². The lowest BCUT2D eigenvalue weighted by atomic mass is 10.2. The van der Waals surface area contributed by atoms with Crippen LogP contribution in [-0.2, 0) is 6.54 Å². The van der Waals surface area contributed by atoms with Crippen molar-refractivity contribution in [2.45, 2.75) is 41.6 Å². The summed E-state index contributed by atoms with van der Waals surface area (Å²) in [4.78, 5) is 4.58. The molecule has 0 aromatic carbocycles. The quantitative estimate of drug-likeness (QED) is 0.897. The second-order valence-electron chi connectivity index (χ2n) is 4.65. The highest BCUT2D eigenvalue weighted by molar-refractivity contribution is 8.01. The van der Waals surface area contributed by atoms with Crippen molar-refractivity contribution in [2.75, 3.05) is 0 Å². The number of nitrogens with one attached hydrogen (secondary N) is 1. The molecule has 1 fully saturated rings. The zero-order valence-corrected chi connectivity index (χ0v) is 12.0. The van der Waals surface area contributed by atoms with Crippen molar-refractivity contribution >= 4 is 23.1 Å². The molecule has 0 unspecified atom stereocenters. The molecule has 0 radical (unpaired) electrons. The van der Waals surface area contributed by atoms with Crippen LogP contribution in [0, 0.1) is 6.92 Å². The Morgan fingerprint density at radius 3 is 3.06 bits per heavy atom. The second kappa shape index (κ2) is 5.43. The van der Waals surface area contributed by atoms with Crippen molar-refractivity contribution < 1.29 is 0 Å². The van der Waals surface area contributed by atoms with Gasteiger partial charge in [0, 0.05) is 18.8 Å². The van der Waals surface area contributed by atoms with Crippen LogP contribution in [0.5, 0.6) is 0 Å². The average Bonchev–Trinajstić information content (AvgIpc) is 3.06. The third-order valence-corrected chi connectivity index (χ3v) is 5.11. The molecule has 4 heteroatoms. The number of thiophene rings is 1. The summed E-state index contributed by atoms with van der Waals surface area (Å²) in [6, 6.07) is 7.22. The van der Waals surface area contributed by atoms with Crippen LogP contribution in [0.2, 0.25) is 0 Å². The first-order valence-electron chi connectivity index (χ1n) is 6.21. The number of hydrogen-bond acceptors (Lipinski definition) is 4. The smallest absolute Gasteiger partial charge is 0.104 e. The largest absolute Gasteiger partial charge is 0.310 e. The molecule has 0 spiro atoms. The van der Waals surface area contributed by atoms with E-state index in [1.807, 2.05) is 6.20 Å². The first kappa shape index (κ1) is 12.2. The summed E-state index contributed by atoms with van der Waals surface area (Å²) in [5.41, 5.74) is 2.55. The molecule has 0 bridgehead atoms. The van der Waals surface area contributed by atoms with Crippen molar-refractivity contribution in [1.82, 2.24) is 10.3 Å². The Hall–Kier alpha value is -0.840. The molecule has 1 aliphatic carbocycles. The summed E-state index contributed by atoms with van der Waals surface area (Å²) in [6.07, 6.45) is 4.66. The maximum Gasteiger partial charge on any atom is 0.104 e. The van der Waals surface area contributed by atoms with Gasteiger partial charge in [0.15, 0.2) is 0 Å². The molecule has 1 aliphatic rings. The van der Waals surface area contributed by atoms with Gasteiger partial charge in [-0.25, -0.2) is 4.98 Å². The fraction of sp³-hybridized carbons (Fsp3) is 0.357. The predicted octanol–water partition coefficient (Wildman–Crippen LogP) is 3.85.